The standard InChI is InChI=1S/C30H30NOPS/c1-25(32)24-30(34-29-20-12-5-13-21-29)22-23-31-33(26-14-6-2-7-15-26,27-16-8-3-9-17-27)28-18-10-4-11-19-28/h2-21,30H,22-24H2,1H3. The Balaban J connectivity index is 1.75. The van der Waals surface area contributed by atoms with Crippen molar-refractivity contribution in [2.75, 3.05) is 6.54 Å². The van der Waals surface area contributed by atoms with E-state index in [0.29, 0.717) is 13.0 Å². The van der Waals surface area contributed by atoms with E-state index in [1.54, 1.807) is 18.7 Å². The van der Waals surface area contributed by atoms with Crippen LogP contribution in [0, 0.1) is 0 Å². The molecule has 0 N–H and O–H groups in total. The molecule has 0 saturated carbocycles. The number of benzene rings is 4. The van der Waals surface area contributed by atoms with E-state index >= 15 is 0 Å². The molecule has 0 saturated heterocycles. The maximum absolute atomic E-state index is 12.0. The van der Waals surface area contributed by atoms with E-state index in [1.807, 2.05) is 18.2 Å². The van der Waals surface area contributed by atoms with E-state index in [2.05, 4.69) is 103 Å². The predicted octanol–water partition coefficient (Wildman–Crippen LogP) is 6.69. The van der Waals surface area contributed by atoms with E-state index in [-0.39, 0.29) is 11.0 Å². The highest BCUT2D eigenvalue weighted by molar-refractivity contribution is 8.00. The maximum Gasteiger partial charge on any atom is 0.130 e. The van der Waals surface area contributed by atoms with Crippen molar-refractivity contribution in [1.29, 1.82) is 0 Å². The van der Waals surface area contributed by atoms with Crippen LogP contribution in [0.4, 0.5) is 0 Å². The van der Waals surface area contributed by atoms with Crippen LogP contribution < -0.4 is 15.9 Å². The molecule has 0 amide bonds. The summed E-state index contributed by atoms with van der Waals surface area (Å²) in [7, 11) is -2.20. The second-order valence-electron chi connectivity index (χ2n) is 8.25. The first-order valence-corrected chi connectivity index (χ1v) is 14.3. The third-order valence-corrected chi connectivity index (χ3v) is 10.8. The molecule has 0 radical (unpaired) electrons. The van der Waals surface area contributed by atoms with Gasteiger partial charge >= 0.3 is 0 Å². The molecule has 0 aliphatic rings. The average molecular weight is 484 g/mol. The summed E-state index contributed by atoms with van der Waals surface area (Å²) in [5, 5.41) is 3.97. The molecule has 2 nitrogen and oxygen atoms in total. The molecule has 4 rings (SSSR count). The third kappa shape index (κ3) is 5.97. The minimum absolute atomic E-state index is 0.202. The topological polar surface area (TPSA) is 29.4 Å². The van der Waals surface area contributed by atoms with Crippen molar-refractivity contribution in [3.05, 3.63) is 121 Å². The fourth-order valence-corrected chi connectivity index (χ4v) is 9.04. The Hall–Kier alpha value is -2.87. The lowest BCUT2D eigenvalue weighted by molar-refractivity contribution is -0.117. The molecule has 34 heavy (non-hydrogen) atoms. The van der Waals surface area contributed by atoms with Crippen molar-refractivity contribution >= 4 is 40.5 Å². The van der Waals surface area contributed by atoms with E-state index in [0.717, 1.165) is 6.42 Å². The Kier molecular flexibility index (Phi) is 8.57. The van der Waals surface area contributed by atoms with Gasteiger partial charge < -0.3 is 0 Å². The van der Waals surface area contributed by atoms with Gasteiger partial charge in [0.05, 0.1) is 7.05 Å². The van der Waals surface area contributed by atoms with Gasteiger partial charge in [-0.3, -0.25) is 9.54 Å². The lowest BCUT2D eigenvalue weighted by atomic mass is 10.2. The van der Waals surface area contributed by atoms with Crippen molar-refractivity contribution in [1.82, 2.24) is 0 Å². The first kappa shape index (κ1) is 24.3. The molecule has 4 aromatic rings. The number of rotatable bonds is 10. The molecule has 1 atom stereocenters. The summed E-state index contributed by atoms with van der Waals surface area (Å²) < 4.78 is 5.54. The van der Waals surface area contributed by atoms with Crippen LogP contribution in [0.3, 0.4) is 0 Å². The zero-order valence-electron chi connectivity index (χ0n) is 19.5. The number of nitrogens with zero attached hydrogens (tertiary/aromatic N) is 1. The van der Waals surface area contributed by atoms with Gasteiger partial charge in [0.1, 0.15) is 5.78 Å². The second-order valence-corrected chi connectivity index (χ2v) is 12.7. The van der Waals surface area contributed by atoms with Gasteiger partial charge in [0.2, 0.25) is 0 Å². The molecule has 0 aliphatic heterocycles. The van der Waals surface area contributed by atoms with Crippen LogP contribution in [0.25, 0.3) is 0 Å². The highest BCUT2D eigenvalue weighted by Crippen LogP contribution is 2.46. The van der Waals surface area contributed by atoms with Crippen molar-refractivity contribution in [3.8, 4) is 0 Å². The van der Waals surface area contributed by atoms with Gasteiger partial charge in [-0.2, -0.15) is 0 Å². The Morgan fingerprint density at radius 3 is 1.53 bits per heavy atom. The molecule has 1 unspecified atom stereocenters. The first-order valence-electron chi connectivity index (χ1n) is 11.6. The average Bonchev–Trinajstić information content (AvgIpc) is 2.88. The normalized spacial score (nSPS) is 12.1. The Labute approximate surface area is 207 Å². The fraction of sp³-hybridized carbons (Fsp3) is 0.167. The van der Waals surface area contributed by atoms with Crippen molar-refractivity contribution in [2.45, 2.75) is 29.9 Å². The van der Waals surface area contributed by atoms with Gasteiger partial charge in [-0.25, -0.2) is 0 Å². The quantitative estimate of drug-likeness (QED) is 0.186. The molecule has 4 aromatic carbocycles. The van der Waals surface area contributed by atoms with E-state index in [9.17, 15) is 4.79 Å². The fourth-order valence-electron chi connectivity index (χ4n) is 4.19. The van der Waals surface area contributed by atoms with Crippen LogP contribution in [0.2, 0.25) is 0 Å². The summed E-state index contributed by atoms with van der Waals surface area (Å²) in [6.45, 7) is 2.38. The lowest BCUT2D eigenvalue weighted by Gasteiger charge is -2.27. The van der Waals surface area contributed by atoms with E-state index < -0.39 is 7.05 Å². The Bertz CT molecular complexity index is 1120. The highest BCUT2D eigenvalue weighted by atomic mass is 32.2. The van der Waals surface area contributed by atoms with Gasteiger partial charge in [-0.15, -0.1) is 11.8 Å². The third-order valence-electron chi connectivity index (χ3n) is 5.71. The summed E-state index contributed by atoms with van der Waals surface area (Å²) in [6, 6.07) is 42.5. The van der Waals surface area contributed by atoms with Crippen molar-refractivity contribution < 1.29 is 4.79 Å². The Morgan fingerprint density at radius 1 is 0.706 bits per heavy atom. The highest BCUT2D eigenvalue weighted by Gasteiger charge is 2.27. The van der Waals surface area contributed by atoms with Crippen LogP contribution in [0.5, 0.6) is 0 Å². The molecule has 0 spiro atoms. The number of carbonyl (C=O) groups excluding carboxylic acids is 1. The van der Waals surface area contributed by atoms with Crippen molar-refractivity contribution in [2.24, 2.45) is 4.74 Å². The van der Waals surface area contributed by atoms with Gasteiger partial charge in [0.25, 0.3) is 0 Å². The van der Waals surface area contributed by atoms with Gasteiger partial charge in [0.15, 0.2) is 0 Å². The Morgan fingerprint density at radius 2 is 1.12 bits per heavy atom. The molecule has 0 fully saturated rings. The molecule has 172 valence electrons. The predicted molar refractivity (Wildman–Crippen MR) is 148 cm³/mol. The molecule has 0 aliphatic carbocycles. The minimum Gasteiger partial charge on any atom is -0.300 e. The van der Waals surface area contributed by atoms with Gasteiger partial charge in [-0.05, 0) is 25.5 Å². The minimum atomic E-state index is -2.20. The second kappa shape index (κ2) is 12.0. The lowest BCUT2D eigenvalue weighted by Crippen LogP contribution is -2.25. The molecular formula is C30H30NOPS. The number of ketones is 1. The zero-order chi connectivity index (χ0) is 23.6. The maximum atomic E-state index is 12.0. The SMILES string of the molecule is CC(=O)CC(CCN=P(c1ccccc1)(c1ccccc1)c1ccccc1)Sc1ccccc1. The summed E-state index contributed by atoms with van der Waals surface area (Å²) >= 11 is 1.79. The zero-order valence-corrected chi connectivity index (χ0v) is 21.2. The molecule has 0 bridgehead atoms. The number of carbonyl (C=O) groups is 1. The summed E-state index contributed by atoms with van der Waals surface area (Å²) in [4.78, 5) is 13.2. The van der Waals surface area contributed by atoms with E-state index in [1.165, 1.54) is 20.8 Å². The molecule has 0 heterocycles. The van der Waals surface area contributed by atoms with Gasteiger partial charge in [-0.1, -0.05) is 109 Å². The van der Waals surface area contributed by atoms with Crippen LogP contribution in [-0.4, -0.2) is 17.6 Å². The van der Waals surface area contributed by atoms with Crippen LogP contribution in [0.15, 0.2) is 131 Å². The smallest absolute Gasteiger partial charge is 0.130 e. The van der Waals surface area contributed by atoms with Crippen LogP contribution >= 0.6 is 18.8 Å². The van der Waals surface area contributed by atoms with E-state index in [4.69, 9.17) is 4.74 Å². The van der Waals surface area contributed by atoms with Gasteiger partial charge in [0, 0.05) is 39.0 Å². The summed E-state index contributed by atoms with van der Waals surface area (Å²) in [6.07, 6.45) is 1.41. The summed E-state index contributed by atoms with van der Waals surface area (Å²) in [5.41, 5.74) is 0. The number of thioether (sulfide) groups is 1. The largest absolute Gasteiger partial charge is 0.300 e. The van der Waals surface area contributed by atoms with Crippen molar-refractivity contribution in [3.63, 3.8) is 0 Å². The van der Waals surface area contributed by atoms with Crippen LogP contribution in [0.1, 0.15) is 19.8 Å². The molecule has 4 heteroatoms. The number of hydrogen-bond donors (Lipinski definition) is 0. The number of hydrogen-bond acceptors (Lipinski definition) is 3. The number of Topliss-reactive ketones (excluding diaryl/α,β-unsaturated/α-hetero) is 1. The summed E-state index contributed by atoms with van der Waals surface area (Å²) in [5.74, 6) is 0.226. The monoisotopic (exact) mass is 483 g/mol. The molecular weight excluding hydrogens is 453 g/mol. The van der Waals surface area contributed by atoms with Crippen LogP contribution in [-0.2, 0) is 4.79 Å². The molecule has 0 aromatic heterocycles. The first-order chi connectivity index (χ1) is 16.7.